The Morgan fingerprint density at radius 1 is 1.47 bits per heavy atom. The molecule has 19 heavy (non-hydrogen) atoms. The van der Waals surface area contributed by atoms with Crippen molar-refractivity contribution >= 4 is 16.9 Å². The Kier molecular flexibility index (Phi) is 2.81. The average molecular weight is 257 g/mol. The van der Waals surface area contributed by atoms with Crippen LogP contribution in [0, 0.1) is 11.8 Å². The number of aryl methyl sites for hydroxylation is 1. The van der Waals surface area contributed by atoms with Crippen molar-refractivity contribution < 1.29 is 4.79 Å². The minimum absolute atomic E-state index is 0.434. The summed E-state index contributed by atoms with van der Waals surface area (Å²) in [5.41, 5.74) is 9.98. The third kappa shape index (κ3) is 2.11. The van der Waals surface area contributed by atoms with Crippen LogP contribution in [0.3, 0.4) is 0 Å². The van der Waals surface area contributed by atoms with Gasteiger partial charge in [0.2, 0.25) is 0 Å². The molecule has 0 saturated heterocycles. The Morgan fingerprint density at radius 3 is 2.95 bits per heavy atom. The summed E-state index contributed by atoms with van der Waals surface area (Å²) in [7, 11) is 0. The van der Waals surface area contributed by atoms with Crippen molar-refractivity contribution in [2.24, 2.45) is 17.6 Å². The molecule has 3 N–H and O–H groups in total. The van der Waals surface area contributed by atoms with Crippen LogP contribution >= 0.6 is 0 Å². The van der Waals surface area contributed by atoms with Crippen molar-refractivity contribution in [3.05, 3.63) is 29.1 Å². The van der Waals surface area contributed by atoms with Gasteiger partial charge >= 0.3 is 0 Å². The number of H-pyrrole nitrogens is 1. The number of primary amides is 1. The predicted molar refractivity (Wildman–Crippen MR) is 75.0 cm³/mol. The van der Waals surface area contributed by atoms with Crippen LogP contribution in [-0.2, 0) is 12.8 Å². The van der Waals surface area contributed by atoms with Crippen molar-refractivity contribution in [1.82, 2.24) is 9.97 Å². The molecule has 1 amide bonds. The van der Waals surface area contributed by atoms with Crippen LogP contribution in [0.4, 0.5) is 0 Å². The zero-order chi connectivity index (χ0) is 13.6. The van der Waals surface area contributed by atoms with E-state index in [4.69, 9.17) is 5.73 Å². The monoisotopic (exact) mass is 257 g/mol. The van der Waals surface area contributed by atoms with Crippen LogP contribution in [0.5, 0.6) is 0 Å². The summed E-state index contributed by atoms with van der Waals surface area (Å²) in [6, 6.07) is 3.88. The van der Waals surface area contributed by atoms with E-state index in [-0.39, 0.29) is 0 Å². The number of hydrogen-bond acceptors (Lipinski definition) is 2. The second-order valence-electron chi connectivity index (χ2n) is 5.82. The highest BCUT2D eigenvalue weighted by molar-refractivity contribution is 5.96. The van der Waals surface area contributed by atoms with Gasteiger partial charge in [-0.2, -0.15) is 0 Å². The molecule has 2 heterocycles. The summed E-state index contributed by atoms with van der Waals surface area (Å²) in [5.74, 6) is 1.00. The van der Waals surface area contributed by atoms with Gasteiger partial charge in [-0.3, -0.25) is 9.78 Å². The predicted octanol–water partition coefficient (Wildman–Crippen LogP) is 2.42. The van der Waals surface area contributed by atoms with Crippen molar-refractivity contribution in [1.29, 1.82) is 0 Å². The molecule has 1 aliphatic rings. The summed E-state index contributed by atoms with van der Waals surface area (Å²) < 4.78 is 0. The van der Waals surface area contributed by atoms with E-state index in [1.165, 1.54) is 17.7 Å². The van der Waals surface area contributed by atoms with Crippen LogP contribution in [0.15, 0.2) is 12.1 Å². The molecule has 0 bridgehead atoms. The molecule has 0 saturated carbocycles. The largest absolute Gasteiger partial charge is 0.364 e. The lowest BCUT2D eigenvalue weighted by Gasteiger charge is -2.26. The minimum Gasteiger partial charge on any atom is -0.364 e. The van der Waals surface area contributed by atoms with E-state index in [0.717, 1.165) is 29.8 Å². The molecule has 0 unspecified atom stereocenters. The van der Waals surface area contributed by atoms with Crippen LogP contribution in [0.25, 0.3) is 11.0 Å². The number of nitrogens with zero attached hydrogens (tertiary/aromatic N) is 1. The van der Waals surface area contributed by atoms with Gasteiger partial charge in [0.15, 0.2) is 0 Å². The summed E-state index contributed by atoms with van der Waals surface area (Å²) in [5, 5.41) is 0. The number of carbonyl (C=O) groups is 1. The number of fused-ring (bicyclic) bond motifs is 2. The highest BCUT2D eigenvalue weighted by Crippen LogP contribution is 2.31. The lowest BCUT2D eigenvalue weighted by atomic mass is 9.80. The van der Waals surface area contributed by atoms with Crippen LogP contribution in [0.2, 0.25) is 0 Å². The number of nitrogens with one attached hydrogen (secondary N) is 1. The maximum absolute atomic E-state index is 11.2. The molecule has 2 aromatic heterocycles. The summed E-state index contributed by atoms with van der Waals surface area (Å²) in [4.78, 5) is 18.9. The summed E-state index contributed by atoms with van der Waals surface area (Å²) in [6.45, 7) is 4.56. The number of carbonyl (C=O) groups excluding carboxylic acids is 1. The van der Waals surface area contributed by atoms with Crippen molar-refractivity contribution in [3.63, 3.8) is 0 Å². The molecule has 4 nitrogen and oxygen atoms in total. The third-order valence-electron chi connectivity index (χ3n) is 4.21. The lowest BCUT2D eigenvalue weighted by Crippen LogP contribution is -2.19. The van der Waals surface area contributed by atoms with E-state index < -0.39 is 5.91 Å². The summed E-state index contributed by atoms with van der Waals surface area (Å²) in [6.07, 6.45) is 3.32. The minimum atomic E-state index is -0.434. The highest BCUT2D eigenvalue weighted by Gasteiger charge is 2.23. The molecule has 1 aliphatic carbocycles. The molecule has 0 aliphatic heterocycles. The standard InChI is InChI=1S/C15H19N3O/c1-8(2)9-3-4-11-10(5-9)6-12-13(17-11)7-14(18-12)15(16)19/h6-9,18H,3-5H2,1-2H3,(H2,16,19)/t9-/m0/s1. The van der Waals surface area contributed by atoms with Crippen molar-refractivity contribution in [2.75, 3.05) is 0 Å². The van der Waals surface area contributed by atoms with Gasteiger partial charge < -0.3 is 10.7 Å². The highest BCUT2D eigenvalue weighted by atomic mass is 16.1. The Morgan fingerprint density at radius 2 is 2.26 bits per heavy atom. The summed E-state index contributed by atoms with van der Waals surface area (Å²) >= 11 is 0. The van der Waals surface area contributed by atoms with Crippen LogP contribution in [0.1, 0.15) is 42.0 Å². The van der Waals surface area contributed by atoms with Crippen molar-refractivity contribution in [3.8, 4) is 0 Å². The molecule has 1 atom stereocenters. The fraction of sp³-hybridized carbons (Fsp3) is 0.467. The van der Waals surface area contributed by atoms with Gasteiger partial charge in [0.05, 0.1) is 11.0 Å². The maximum atomic E-state index is 11.2. The quantitative estimate of drug-likeness (QED) is 0.867. The number of nitrogens with two attached hydrogens (primary N) is 1. The first-order valence-electron chi connectivity index (χ1n) is 6.86. The molecular weight excluding hydrogens is 238 g/mol. The number of amides is 1. The van der Waals surface area contributed by atoms with Gasteiger partial charge in [-0.1, -0.05) is 13.8 Å². The van der Waals surface area contributed by atoms with Gasteiger partial charge in [0.25, 0.3) is 5.91 Å². The van der Waals surface area contributed by atoms with Gasteiger partial charge in [-0.05, 0) is 48.8 Å². The number of rotatable bonds is 2. The van der Waals surface area contributed by atoms with Crippen molar-refractivity contribution in [2.45, 2.75) is 33.1 Å². The molecule has 100 valence electrons. The van der Waals surface area contributed by atoms with Crippen LogP contribution < -0.4 is 5.73 Å². The first-order valence-corrected chi connectivity index (χ1v) is 6.86. The fourth-order valence-corrected chi connectivity index (χ4v) is 2.94. The molecule has 2 aromatic rings. The zero-order valence-electron chi connectivity index (χ0n) is 11.4. The Labute approximate surface area is 112 Å². The third-order valence-corrected chi connectivity index (χ3v) is 4.21. The molecule has 0 aromatic carbocycles. The van der Waals surface area contributed by atoms with Gasteiger partial charge in [0, 0.05) is 5.69 Å². The molecular formula is C15H19N3O. The first-order chi connectivity index (χ1) is 9.04. The Hall–Kier alpha value is -1.84. The second kappa shape index (κ2) is 4.37. The number of aromatic amines is 1. The van der Waals surface area contributed by atoms with E-state index in [2.05, 4.69) is 29.9 Å². The van der Waals surface area contributed by atoms with E-state index in [0.29, 0.717) is 11.6 Å². The molecule has 4 heteroatoms. The maximum Gasteiger partial charge on any atom is 0.265 e. The molecule has 0 spiro atoms. The van der Waals surface area contributed by atoms with Crippen LogP contribution in [-0.4, -0.2) is 15.9 Å². The number of hydrogen-bond donors (Lipinski definition) is 2. The van der Waals surface area contributed by atoms with E-state index >= 15 is 0 Å². The zero-order valence-corrected chi connectivity index (χ0v) is 11.4. The van der Waals surface area contributed by atoms with E-state index in [1.807, 2.05) is 0 Å². The lowest BCUT2D eigenvalue weighted by molar-refractivity contribution is 0.0996. The number of pyridine rings is 1. The average Bonchev–Trinajstić information content (AvgIpc) is 2.78. The second-order valence-corrected chi connectivity index (χ2v) is 5.82. The Bertz CT molecular complexity index is 642. The fourth-order valence-electron chi connectivity index (χ4n) is 2.94. The van der Waals surface area contributed by atoms with Gasteiger partial charge in [-0.25, -0.2) is 0 Å². The number of aromatic nitrogens is 2. The Balaban J connectivity index is 2.03. The van der Waals surface area contributed by atoms with Gasteiger partial charge in [-0.15, -0.1) is 0 Å². The van der Waals surface area contributed by atoms with Gasteiger partial charge in [0.1, 0.15) is 5.69 Å². The first kappa shape index (κ1) is 12.2. The SMILES string of the molecule is CC(C)[C@H]1CCc2nc3cc(C(N)=O)[nH]c3cc2C1. The normalized spacial score (nSPS) is 18.8. The topological polar surface area (TPSA) is 71.8 Å². The van der Waals surface area contributed by atoms with E-state index in [9.17, 15) is 4.79 Å². The molecule has 0 radical (unpaired) electrons. The molecule has 3 rings (SSSR count). The van der Waals surface area contributed by atoms with E-state index in [1.54, 1.807) is 6.07 Å². The smallest absolute Gasteiger partial charge is 0.265 e. The molecule has 0 fully saturated rings.